The molecule has 1 aromatic carbocycles. The van der Waals surface area contributed by atoms with Crippen LogP contribution in [0.25, 0.3) is 0 Å². The summed E-state index contributed by atoms with van der Waals surface area (Å²) in [5, 5.41) is 7.86. The summed E-state index contributed by atoms with van der Waals surface area (Å²) in [7, 11) is 1.55. The number of methoxy groups -OCH3 is 1. The van der Waals surface area contributed by atoms with E-state index in [1.165, 1.54) is 12.1 Å². The van der Waals surface area contributed by atoms with E-state index < -0.39 is 0 Å². The van der Waals surface area contributed by atoms with Crippen LogP contribution in [0.2, 0.25) is 0 Å². The molecule has 2 rings (SSSR count). The van der Waals surface area contributed by atoms with E-state index in [1.54, 1.807) is 17.9 Å². The molecule has 0 atom stereocenters. The predicted molar refractivity (Wildman–Crippen MR) is 70.5 cm³/mol. The van der Waals surface area contributed by atoms with Gasteiger partial charge in [-0.1, -0.05) is 18.6 Å². The summed E-state index contributed by atoms with van der Waals surface area (Å²) in [6.45, 7) is 2.44. The highest BCUT2D eigenvalue weighted by atomic mass is 19.1. The Morgan fingerprint density at radius 3 is 2.89 bits per heavy atom. The van der Waals surface area contributed by atoms with Crippen molar-refractivity contribution in [2.45, 2.75) is 26.3 Å². The quantitative estimate of drug-likeness (QED) is 0.897. The molecule has 1 heterocycles. The van der Waals surface area contributed by atoms with Gasteiger partial charge in [0.25, 0.3) is 0 Å². The van der Waals surface area contributed by atoms with Crippen molar-refractivity contribution in [3.8, 4) is 5.75 Å². The van der Waals surface area contributed by atoms with E-state index >= 15 is 0 Å². The Labute approximate surface area is 111 Å². The number of aromatic nitrogens is 3. The van der Waals surface area contributed by atoms with E-state index in [2.05, 4.69) is 17.2 Å². The molecule has 0 unspecified atom stereocenters. The molecule has 6 heteroatoms. The Bertz CT molecular complexity index is 568. The number of halogens is 1. The molecule has 0 aliphatic carbocycles. The third-order valence-corrected chi connectivity index (χ3v) is 2.92. The van der Waals surface area contributed by atoms with E-state index in [4.69, 9.17) is 10.5 Å². The lowest BCUT2D eigenvalue weighted by molar-refractivity contribution is 0.405. The normalized spacial score (nSPS) is 10.7. The highest BCUT2D eigenvalue weighted by Gasteiger charge is 2.12. The highest BCUT2D eigenvalue weighted by Crippen LogP contribution is 2.21. The number of nitrogens with two attached hydrogens (primary N) is 1. The van der Waals surface area contributed by atoms with Crippen molar-refractivity contribution >= 4 is 5.82 Å². The highest BCUT2D eigenvalue weighted by molar-refractivity contribution is 5.37. The maximum atomic E-state index is 13.3. The molecule has 5 nitrogen and oxygen atoms in total. The molecule has 0 bridgehead atoms. The van der Waals surface area contributed by atoms with Crippen LogP contribution in [0.1, 0.15) is 24.6 Å². The van der Waals surface area contributed by atoms with Crippen molar-refractivity contribution in [3.05, 3.63) is 35.3 Å². The van der Waals surface area contributed by atoms with Gasteiger partial charge in [-0.15, -0.1) is 5.10 Å². The van der Waals surface area contributed by atoms with Gasteiger partial charge in [0.1, 0.15) is 11.6 Å². The summed E-state index contributed by atoms with van der Waals surface area (Å²) < 4.78 is 20.2. The number of nitrogen functional groups attached to an aromatic ring is 1. The van der Waals surface area contributed by atoms with Gasteiger partial charge in [-0.25, -0.2) is 9.07 Å². The number of anilines is 1. The fourth-order valence-corrected chi connectivity index (χ4v) is 2.00. The Morgan fingerprint density at radius 2 is 2.21 bits per heavy atom. The van der Waals surface area contributed by atoms with Crippen LogP contribution in [0.15, 0.2) is 18.2 Å². The van der Waals surface area contributed by atoms with Crippen LogP contribution in [0.4, 0.5) is 10.2 Å². The molecule has 0 spiro atoms. The lowest BCUT2D eigenvalue weighted by atomic mass is 10.2. The van der Waals surface area contributed by atoms with Crippen LogP contribution in [0.3, 0.4) is 0 Å². The van der Waals surface area contributed by atoms with Gasteiger partial charge >= 0.3 is 0 Å². The summed E-state index contributed by atoms with van der Waals surface area (Å²) >= 11 is 0. The second-order valence-corrected chi connectivity index (χ2v) is 4.29. The van der Waals surface area contributed by atoms with E-state index in [1.807, 2.05) is 0 Å². The molecule has 0 saturated carbocycles. The first-order valence-electron chi connectivity index (χ1n) is 6.16. The maximum Gasteiger partial charge on any atom is 0.169 e. The lowest BCUT2D eigenvalue weighted by Crippen LogP contribution is -2.08. The molecule has 19 heavy (non-hydrogen) atoms. The summed E-state index contributed by atoms with van der Waals surface area (Å²) in [5.74, 6) is 0.746. The number of ether oxygens (including phenoxy) is 1. The molecular weight excluding hydrogens is 247 g/mol. The Hall–Kier alpha value is -2.11. The number of hydrogen-bond donors (Lipinski definition) is 1. The van der Waals surface area contributed by atoms with Crippen molar-refractivity contribution in [1.82, 2.24) is 15.0 Å². The second kappa shape index (κ2) is 5.69. The number of rotatable bonds is 5. The second-order valence-electron chi connectivity index (χ2n) is 4.29. The third kappa shape index (κ3) is 2.83. The minimum atomic E-state index is -0.305. The predicted octanol–water partition coefficient (Wildman–Crippen LogP) is 2.01. The van der Waals surface area contributed by atoms with Crippen molar-refractivity contribution in [2.24, 2.45) is 0 Å². The fourth-order valence-electron chi connectivity index (χ4n) is 2.00. The minimum absolute atomic E-state index is 0.305. The summed E-state index contributed by atoms with van der Waals surface area (Å²) in [6.07, 6.45) is 1.73. The Kier molecular flexibility index (Phi) is 3.99. The zero-order chi connectivity index (χ0) is 13.8. The third-order valence-electron chi connectivity index (χ3n) is 2.92. The van der Waals surface area contributed by atoms with Gasteiger partial charge in [0.15, 0.2) is 5.82 Å². The van der Waals surface area contributed by atoms with Crippen LogP contribution in [0.5, 0.6) is 5.75 Å². The lowest BCUT2D eigenvalue weighted by Gasteiger charge is -2.10. The van der Waals surface area contributed by atoms with Crippen LogP contribution in [0, 0.1) is 5.82 Å². The van der Waals surface area contributed by atoms with Crippen LogP contribution < -0.4 is 10.5 Å². The summed E-state index contributed by atoms with van der Waals surface area (Å²) in [5.41, 5.74) is 7.36. The van der Waals surface area contributed by atoms with Gasteiger partial charge < -0.3 is 10.5 Å². The van der Waals surface area contributed by atoms with Crippen molar-refractivity contribution in [2.75, 3.05) is 12.8 Å². The SMILES string of the molecule is CCCc1c(N)nnn1Cc1cc(F)ccc1OC. The first kappa shape index (κ1) is 13.3. The largest absolute Gasteiger partial charge is 0.496 e. The molecule has 1 aromatic heterocycles. The average Bonchev–Trinajstić information content (AvgIpc) is 2.72. The van der Waals surface area contributed by atoms with Gasteiger partial charge in [-0.05, 0) is 24.6 Å². The molecule has 0 radical (unpaired) electrons. The van der Waals surface area contributed by atoms with Crippen molar-refractivity contribution in [3.63, 3.8) is 0 Å². The number of benzene rings is 1. The smallest absolute Gasteiger partial charge is 0.169 e. The molecule has 0 aliphatic rings. The van der Waals surface area contributed by atoms with E-state index in [0.29, 0.717) is 23.7 Å². The van der Waals surface area contributed by atoms with Crippen LogP contribution in [-0.4, -0.2) is 22.1 Å². The molecule has 0 amide bonds. The van der Waals surface area contributed by atoms with Crippen LogP contribution in [-0.2, 0) is 13.0 Å². The van der Waals surface area contributed by atoms with Gasteiger partial charge in [-0.3, -0.25) is 0 Å². The van der Waals surface area contributed by atoms with Crippen molar-refractivity contribution in [1.29, 1.82) is 0 Å². The molecular formula is C13H17FN4O. The summed E-state index contributed by atoms with van der Waals surface area (Å²) in [4.78, 5) is 0. The molecule has 2 aromatic rings. The Balaban J connectivity index is 2.33. The first-order valence-corrected chi connectivity index (χ1v) is 6.16. The minimum Gasteiger partial charge on any atom is -0.496 e. The van der Waals surface area contributed by atoms with Gasteiger partial charge in [0, 0.05) is 5.56 Å². The number of hydrogen-bond acceptors (Lipinski definition) is 4. The zero-order valence-electron chi connectivity index (χ0n) is 11.1. The van der Waals surface area contributed by atoms with Crippen LogP contribution >= 0.6 is 0 Å². The monoisotopic (exact) mass is 264 g/mol. The molecule has 102 valence electrons. The average molecular weight is 264 g/mol. The van der Waals surface area contributed by atoms with Gasteiger partial charge in [0.2, 0.25) is 0 Å². The molecule has 0 aliphatic heterocycles. The Morgan fingerprint density at radius 1 is 1.42 bits per heavy atom. The van der Waals surface area contributed by atoms with Crippen molar-refractivity contribution < 1.29 is 9.13 Å². The standard InChI is InChI=1S/C13H17FN4O/c1-3-4-11-13(15)16-17-18(11)8-9-7-10(14)5-6-12(9)19-2/h5-7H,3-4,8,15H2,1-2H3. The van der Waals surface area contributed by atoms with E-state index in [9.17, 15) is 4.39 Å². The molecule has 2 N–H and O–H groups in total. The van der Waals surface area contributed by atoms with Gasteiger partial charge in [-0.2, -0.15) is 0 Å². The fraction of sp³-hybridized carbons (Fsp3) is 0.385. The first-order chi connectivity index (χ1) is 9.15. The molecule has 0 fully saturated rings. The van der Waals surface area contributed by atoms with E-state index in [0.717, 1.165) is 18.5 Å². The maximum absolute atomic E-state index is 13.3. The van der Waals surface area contributed by atoms with E-state index in [-0.39, 0.29) is 5.82 Å². The van der Waals surface area contributed by atoms with Gasteiger partial charge in [0.05, 0.1) is 19.3 Å². The zero-order valence-corrected chi connectivity index (χ0v) is 11.1. The number of nitrogens with zero attached hydrogens (tertiary/aromatic N) is 3. The topological polar surface area (TPSA) is 66.0 Å². The summed E-state index contributed by atoms with van der Waals surface area (Å²) in [6, 6.07) is 4.40. The molecule has 0 saturated heterocycles.